The van der Waals surface area contributed by atoms with Gasteiger partial charge in [-0.15, -0.1) is 10.2 Å². The Morgan fingerprint density at radius 3 is 2.92 bits per heavy atom. The molecule has 0 fully saturated rings. The van der Waals surface area contributed by atoms with Gasteiger partial charge in [-0.3, -0.25) is 4.63 Å². The first kappa shape index (κ1) is 6.52. The van der Waals surface area contributed by atoms with E-state index >= 15 is 0 Å². The lowest BCUT2D eigenvalue weighted by Gasteiger charge is -1.86. The monoisotopic (exact) mass is 169 g/mol. The largest absolute Gasteiger partial charge is 0.359 e. The summed E-state index contributed by atoms with van der Waals surface area (Å²) in [5, 5.41) is 26.5. The van der Waals surface area contributed by atoms with Crippen molar-refractivity contribution < 1.29 is 9.53 Å². The summed E-state index contributed by atoms with van der Waals surface area (Å²) < 4.78 is 4.18. The number of aromatic amines is 1. The Bertz CT molecular complexity index is 358. The third-order valence-electron chi connectivity index (χ3n) is 1.20. The molecular weight excluding hydrogens is 166 g/mol. The number of nitrogens with two attached hydrogens (primary N) is 1. The molecule has 0 saturated heterocycles. The summed E-state index contributed by atoms with van der Waals surface area (Å²) in [6.07, 6.45) is 0. The lowest BCUT2D eigenvalue weighted by Crippen LogP contribution is -2.26. The smallest absolute Gasteiger partial charge is 0.316 e. The molecule has 0 aliphatic carbocycles. The van der Waals surface area contributed by atoms with Crippen molar-refractivity contribution in [2.75, 3.05) is 5.73 Å². The number of hydrogen-bond acceptors (Lipinski definition) is 7. The van der Waals surface area contributed by atoms with Crippen LogP contribution in [0.15, 0.2) is 4.63 Å². The summed E-state index contributed by atoms with van der Waals surface area (Å²) in [5.74, 6) is -0.0323. The van der Waals surface area contributed by atoms with Gasteiger partial charge < -0.3 is 10.9 Å². The van der Waals surface area contributed by atoms with Crippen molar-refractivity contribution in [2.45, 2.75) is 0 Å². The molecule has 0 saturated carbocycles. The first-order valence-electron chi connectivity index (χ1n) is 2.88. The van der Waals surface area contributed by atoms with Gasteiger partial charge >= 0.3 is 5.82 Å². The van der Waals surface area contributed by atoms with Gasteiger partial charge in [-0.25, -0.2) is 0 Å². The molecule has 0 aliphatic rings. The third-order valence-corrected chi connectivity index (χ3v) is 1.20. The molecule has 9 heteroatoms. The molecule has 2 aromatic rings. The molecule has 0 unspecified atom stereocenters. The lowest BCUT2D eigenvalue weighted by molar-refractivity contribution is -0.793. The summed E-state index contributed by atoms with van der Waals surface area (Å²) in [6.45, 7) is 0. The van der Waals surface area contributed by atoms with E-state index in [1.54, 1.807) is 0 Å². The average molecular weight is 169 g/mol. The van der Waals surface area contributed by atoms with Crippen LogP contribution in [0.25, 0.3) is 11.5 Å². The Morgan fingerprint density at radius 1 is 1.58 bits per heavy atom. The number of nitrogen functional groups attached to an aromatic ring is 1. The zero-order valence-corrected chi connectivity index (χ0v) is 5.63. The van der Waals surface area contributed by atoms with E-state index in [1.165, 1.54) is 0 Å². The fourth-order valence-electron chi connectivity index (χ4n) is 0.717. The van der Waals surface area contributed by atoms with E-state index in [4.69, 9.17) is 5.73 Å². The number of hydrogen-bond donors (Lipinski definition) is 2. The van der Waals surface area contributed by atoms with Gasteiger partial charge in [-0.2, -0.15) is 5.21 Å². The number of nitrogens with one attached hydrogen (secondary N) is 1. The summed E-state index contributed by atoms with van der Waals surface area (Å²) >= 11 is 0. The third kappa shape index (κ3) is 0.761. The highest BCUT2D eigenvalue weighted by Gasteiger charge is 2.21. The van der Waals surface area contributed by atoms with Crippen molar-refractivity contribution in [3.8, 4) is 11.5 Å². The zero-order valence-electron chi connectivity index (χ0n) is 5.63. The molecular formula is C3H3N7O2. The SMILES string of the molecule is Nc1no[n+]([O-])c1-c1nn[nH]n1. The molecule has 0 bridgehead atoms. The van der Waals surface area contributed by atoms with Crippen LogP contribution < -0.4 is 10.6 Å². The van der Waals surface area contributed by atoms with Gasteiger partial charge in [0.25, 0.3) is 11.5 Å². The number of aromatic nitrogens is 6. The van der Waals surface area contributed by atoms with E-state index in [0.29, 0.717) is 0 Å². The molecule has 62 valence electrons. The predicted octanol–water partition coefficient (Wildman–Crippen LogP) is -1.93. The highest BCUT2D eigenvalue weighted by molar-refractivity contribution is 5.57. The molecule has 0 aliphatic heterocycles. The highest BCUT2D eigenvalue weighted by Crippen LogP contribution is 2.13. The Balaban J connectivity index is 2.60. The van der Waals surface area contributed by atoms with Crippen molar-refractivity contribution in [3.63, 3.8) is 0 Å². The average Bonchev–Trinajstić information content (AvgIpc) is 2.61. The second-order valence-electron chi connectivity index (χ2n) is 1.90. The summed E-state index contributed by atoms with van der Waals surface area (Å²) in [6, 6.07) is 0. The van der Waals surface area contributed by atoms with Crippen LogP contribution in [0.1, 0.15) is 0 Å². The van der Waals surface area contributed by atoms with E-state index in [2.05, 4.69) is 30.4 Å². The van der Waals surface area contributed by atoms with Crippen LogP contribution in [-0.2, 0) is 0 Å². The van der Waals surface area contributed by atoms with Gasteiger partial charge in [0.05, 0.1) is 5.16 Å². The van der Waals surface area contributed by atoms with Crippen LogP contribution in [0.3, 0.4) is 0 Å². The number of nitrogens with zero attached hydrogens (tertiary/aromatic N) is 5. The van der Waals surface area contributed by atoms with Gasteiger partial charge in [0.15, 0.2) is 0 Å². The van der Waals surface area contributed by atoms with Crippen molar-refractivity contribution in [1.82, 2.24) is 25.8 Å². The van der Waals surface area contributed by atoms with Crippen LogP contribution in [-0.4, -0.2) is 25.8 Å². The van der Waals surface area contributed by atoms with E-state index in [9.17, 15) is 5.21 Å². The van der Waals surface area contributed by atoms with E-state index in [1.807, 2.05) is 0 Å². The van der Waals surface area contributed by atoms with Crippen molar-refractivity contribution in [2.24, 2.45) is 0 Å². The van der Waals surface area contributed by atoms with Crippen LogP contribution in [0.4, 0.5) is 5.82 Å². The molecule has 2 rings (SSSR count). The van der Waals surface area contributed by atoms with E-state index < -0.39 is 0 Å². The summed E-state index contributed by atoms with van der Waals surface area (Å²) in [7, 11) is 0. The van der Waals surface area contributed by atoms with Crippen molar-refractivity contribution >= 4 is 5.82 Å². The van der Waals surface area contributed by atoms with Gasteiger partial charge in [-0.1, -0.05) is 0 Å². The van der Waals surface area contributed by atoms with Crippen LogP contribution in [0.2, 0.25) is 0 Å². The van der Waals surface area contributed by atoms with Gasteiger partial charge in [0, 0.05) is 0 Å². The second-order valence-corrected chi connectivity index (χ2v) is 1.90. The minimum atomic E-state index is -0.0774. The molecule has 0 spiro atoms. The Hall–Kier alpha value is -2.19. The molecule has 0 radical (unpaired) electrons. The first-order valence-corrected chi connectivity index (χ1v) is 2.88. The number of anilines is 1. The van der Waals surface area contributed by atoms with Crippen LogP contribution in [0.5, 0.6) is 0 Å². The van der Waals surface area contributed by atoms with Gasteiger partial charge in [-0.05, 0) is 10.1 Å². The minimum absolute atomic E-state index is 0.0451. The predicted molar refractivity (Wildman–Crippen MR) is 33.0 cm³/mol. The molecule has 0 amide bonds. The molecule has 12 heavy (non-hydrogen) atoms. The van der Waals surface area contributed by atoms with Crippen molar-refractivity contribution in [3.05, 3.63) is 5.21 Å². The fraction of sp³-hybridized carbons (Fsp3) is 0. The molecule has 2 heterocycles. The molecule has 0 aromatic carbocycles. The first-order chi connectivity index (χ1) is 5.79. The maximum Gasteiger partial charge on any atom is 0.316 e. The van der Waals surface area contributed by atoms with E-state index in [-0.39, 0.29) is 22.2 Å². The number of tetrazole rings is 1. The quantitative estimate of drug-likeness (QED) is 0.474. The van der Waals surface area contributed by atoms with Crippen LogP contribution in [0, 0.1) is 5.21 Å². The van der Waals surface area contributed by atoms with Gasteiger partial charge in [0.1, 0.15) is 0 Å². The maximum absolute atomic E-state index is 10.8. The van der Waals surface area contributed by atoms with Crippen molar-refractivity contribution in [1.29, 1.82) is 0 Å². The Morgan fingerprint density at radius 2 is 2.42 bits per heavy atom. The second kappa shape index (κ2) is 2.15. The highest BCUT2D eigenvalue weighted by atomic mass is 16.8. The topological polar surface area (TPSA) is 133 Å². The molecule has 0 atom stereocenters. The summed E-state index contributed by atoms with van der Waals surface area (Å²) in [4.78, 5) is 0.111. The van der Waals surface area contributed by atoms with Crippen LogP contribution >= 0.6 is 0 Å². The molecule has 2 aromatic heterocycles. The lowest BCUT2D eigenvalue weighted by atomic mass is 10.4. The van der Waals surface area contributed by atoms with E-state index in [0.717, 1.165) is 0 Å². The standard InChI is InChI=1S/C3H3N7O2/c4-2-1(10(11)12-7-2)3-5-8-9-6-3/h(H2,4,7)(H,5,6,8,9). The zero-order chi connectivity index (χ0) is 8.55. The Kier molecular flexibility index (Phi) is 1.17. The fourth-order valence-corrected chi connectivity index (χ4v) is 0.717. The maximum atomic E-state index is 10.8. The van der Waals surface area contributed by atoms with Gasteiger partial charge in [0.2, 0.25) is 0 Å². The summed E-state index contributed by atoms with van der Waals surface area (Å²) in [5.41, 5.74) is 5.23. The number of rotatable bonds is 1. The Labute approximate surface area is 64.7 Å². The number of H-pyrrole nitrogens is 1. The normalized spacial score (nSPS) is 10.3. The minimum Gasteiger partial charge on any atom is -0.359 e. The molecule has 3 N–H and O–H groups in total. The molecule has 9 nitrogen and oxygen atoms in total.